The summed E-state index contributed by atoms with van der Waals surface area (Å²) in [6, 6.07) is 17.5. The summed E-state index contributed by atoms with van der Waals surface area (Å²) in [4.78, 5) is 7.19. The summed E-state index contributed by atoms with van der Waals surface area (Å²) in [5, 5.41) is 16.1. The molecule has 132 valence electrons. The van der Waals surface area contributed by atoms with Crippen LogP contribution in [0.1, 0.15) is 16.8 Å². The van der Waals surface area contributed by atoms with Crippen LogP contribution in [-0.4, -0.2) is 23.5 Å². The van der Waals surface area contributed by atoms with E-state index < -0.39 is 10.0 Å². The third-order valence-electron chi connectivity index (χ3n) is 4.40. The van der Waals surface area contributed by atoms with Crippen molar-refractivity contribution in [1.29, 1.82) is 0 Å². The Bertz CT molecular complexity index is 1220. The quantitative estimate of drug-likeness (QED) is 0.515. The van der Waals surface area contributed by atoms with Crippen molar-refractivity contribution < 1.29 is 13.5 Å². The molecule has 0 saturated carbocycles. The van der Waals surface area contributed by atoms with Gasteiger partial charge in [0.15, 0.2) is 5.03 Å². The number of aliphatic hydroxyl groups is 1. The highest BCUT2D eigenvalue weighted by atomic mass is 32.2. The normalized spacial score (nSPS) is 12.1. The van der Waals surface area contributed by atoms with Crippen LogP contribution in [0.2, 0.25) is 0 Å². The fraction of sp³-hybridized carbons (Fsp3) is 0.105. The predicted octanol–water partition coefficient (Wildman–Crippen LogP) is 2.45. The minimum atomic E-state index is -3.97. The molecule has 0 aliphatic rings. The number of aliphatic hydroxyl groups excluding tert-OH is 1. The number of hydrogen-bond acceptors (Lipinski definition) is 4. The molecule has 0 atom stereocenters. The number of fused-ring (bicyclic) bond motifs is 3. The Balaban J connectivity index is 1.92. The first-order valence-corrected chi connectivity index (χ1v) is 9.62. The Hall–Kier alpha value is -2.74. The number of nitrogens with zero attached hydrogens (tertiary/aromatic N) is 1. The molecule has 0 spiro atoms. The highest BCUT2D eigenvalue weighted by Crippen LogP contribution is 2.30. The largest absolute Gasteiger partial charge is 0.390 e. The number of sulfonamides is 1. The van der Waals surface area contributed by atoms with E-state index >= 15 is 0 Å². The highest BCUT2D eigenvalue weighted by molar-refractivity contribution is 7.89. The van der Waals surface area contributed by atoms with Crippen LogP contribution in [-0.2, 0) is 23.1 Å². The van der Waals surface area contributed by atoms with Gasteiger partial charge in [-0.3, -0.25) is 0 Å². The van der Waals surface area contributed by atoms with Crippen molar-refractivity contribution >= 4 is 31.8 Å². The Kier molecular flexibility index (Phi) is 3.99. The summed E-state index contributed by atoms with van der Waals surface area (Å²) in [5.41, 5.74) is 4.01. The summed E-state index contributed by atoms with van der Waals surface area (Å²) in [5.74, 6) is 0. The number of rotatable bonds is 4. The molecule has 0 aliphatic heterocycles. The summed E-state index contributed by atoms with van der Waals surface area (Å²) < 4.78 is 23.5. The number of hydrogen-bond donors (Lipinski definition) is 3. The van der Waals surface area contributed by atoms with Gasteiger partial charge in [0.25, 0.3) is 10.0 Å². The van der Waals surface area contributed by atoms with E-state index in [1.54, 1.807) is 0 Å². The van der Waals surface area contributed by atoms with Crippen LogP contribution < -0.4 is 5.14 Å². The zero-order valence-electron chi connectivity index (χ0n) is 13.8. The topological polar surface area (TPSA) is 109 Å². The second-order valence-electron chi connectivity index (χ2n) is 6.20. The van der Waals surface area contributed by atoms with E-state index in [1.807, 2.05) is 36.4 Å². The standard InChI is InChI=1S/C19H17N3O3S/c20-26(24,25)18-10-15-14-9-13(8-12-4-2-1-3-5-12)6-7-16(14)22-19(15)17(11-23)21-18/h1-7,9-10,22-23H,8,11H2,(H2,20,24,25). The van der Waals surface area contributed by atoms with Gasteiger partial charge in [-0.15, -0.1) is 0 Å². The van der Waals surface area contributed by atoms with Crippen molar-refractivity contribution in [2.45, 2.75) is 18.1 Å². The van der Waals surface area contributed by atoms with E-state index in [0.29, 0.717) is 10.9 Å². The van der Waals surface area contributed by atoms with E-state index in [-0.39, 0.29) is 17.3 Å². The van der Waals surface area contributed by atoms with E-state index in [1.165, 1.54) is 11.6 Å². The van der Waals surface area contributed by atoms with Crippen LogP contribution in [0.25, 0.3) is 21.8 Å². The molecule has 0 bridgehead atoms. The van der Waals surface area contributed by atoms with E-state index in [2.05, 4.69) is 22.1 Å². The minimum Gasteiger partial charge on any atom is -0.390 e. The smallest absolute Gasteiger partial charge is 0.255 e. The van der Waals surface area contributed by atoms with Crippen molar-refractivity contribution in [3.63, 3.8) is 0 Å². The van der Waals surface area contributed by atoms with Crippen molar-refractivity contribution in [1.82, 2.24) is 9.97 Å². The second-order valence-corrected chi connectivity index (χ2v) is 7.71. The first kappa shape index (κ1) is 16.7. The van der Waals surface area contributed by atoms with Crippen molar-refractivity contribution in [2.75, 3.05) is 0 Å². The van der Waals surface area contributed by atoms with Crippen LogP contribution >= 0.6 is 0 Å². The molecule has 26 heavy (non-hydrogen) atoms. The molecule has 6 nitrogen and oxygen atoms in total. The Morgan fingerprint density at radius 1 is 1.00 bits per heavy atom. The zero-order valence-corrected chi connectivity index (χ0v) is 14.6. The summed E-state index contributed by atoms with van der Waals surface area (Å²) in [7, 11) is -3.97. The van der Waals surface area contributed by atoms with Gasteiger partial charge in [-0.1, -0.05) is 36.4 Å². The number of aromatic amines is 1. The van der Waals surface area contributed by atoms with Gasteiger partial charge >= 0.3 is 0 Å². The summed E-state index contributed by atoms with van der Waals surface area (Å²) in [6.45, 7) is -0.385. The molecule has 2 heterocycles. The maximum absolute atomic E-state index is 11.7. The first-order valence-electron chi connectivity index (χ1n) is 8.07. The molecule has 4 aromatic rings. The molecule has 0 saturated heterocycles. The van der Waals surface area contributed by atoms with Crippen molar-refractivity contribution in [2.24, 2.45) is 5.14 Å². The second kappa shape index (κ2) is 6.21. The molecule has 0 aliphatic carbocycles. The van der Waals surface area contributed by atoms with Gasteiger partial charge in [0.1, 0.15) is 0 Å². The average molecular weight is 367 g/mol. The van der Waals surface area contributed by atoms with Gasteiger partial charge in [0.05, 0.1) is 17.8 Å². The van der Waals surface area contributed by atoms with Crippen molar-refractivity contribution in [3.05, 3.63) is 71.4 Å². The Morgan fingerprint density at radius 2 is 1.77 bits per heavy atom. The lowest BCUT2D eigenvalue weighted by atomic mass is 10.0. The minimum absolute atomic E-state index is 0.247. The predicted molar refractivity (Wildman–Crippen MR) is 100 cm³/mol. The number of H-pyrrole nitrogens is 1. The number of aromatic nitrogens is 2. The molecular formula is C19H17N3O3S. The van der Waals surface area contributed by atoms with Crippen LogP contribution in [0, 0.1) is 0 Å². The maximum atomic E-state index is 11.7. The molecule has 0 radical (unpaired) electrons. The first-order chi connectivity index (χ1) is 12.5. The lowest BCUT2D eigenvalue weighted by molar-refractivity contribution is 0.277. The van der Waals surface area contributed by atoms with Gasteiger partial charge in [0, 0.05) is 16.3 Å². The number of nitrogens with one attached hydrogen (secondary N) is 1. The molecular weight excluding hydrogens is 350 g/mol. The van der Waals surface area contributed by atoms with Gasteiger partial charge in [-0.05, 0) is 35.7 Å². The maximum Gasteiger partial charge on any atom is 0.255 e. The number of pyridine rings is 1. The summed E-state index contributed by atoms with van der Waals surface area (Å²) >= 11 is 0. The third-order valence-corrected chi connectivity index (χ3v) is 5.19. The molecule has 0 unspecified atom stereocenters. The van der Waals surface area contributed by atoms with Crippen LogP contribution in [0.5, 0.6) is 0 Å². The molecule has 0 amide bonds. The van der Waals surface area contributed by atoms with Gasteiger partial charge in [0.2, 0.25) is 0 Å². The van der Waals surface area contributed by atoms with Crippen LogP contribution in [0.3, 0.4) is 0 Å². The average Bonchev–Trinajstić information content (AvgIpc) is 2.99. The van der Waals surface area contributed by atoms with E-state index in [0.717, 1.165) is 22.9 Å². The number of benzene rings is 2. The van der Waals surface area contributed by atoms with E-state index in [9.17, 15) is 13.5 Å². The number of primary sulfonamides is 1. The molecule has 7 heteroatoms. The molecule has 4 rings (SSSR count). The lowest BCUT2D eigenvalue weighted by Crippen LogP contribution is -2.14. The lowest BCUT2D eigenvalue weighted by Gasteiger charge is -2.04. The zero-order chi connectivity index (χ0) is 18.3. The van der Waals surface area contributed by atoms with Crippen molar-refractivity contribution in [3.8, 4) is 0 Å². The van der Waals surface area contributed by atoms with E-state index in [4.69, 9.17) is 5.14 Å². The van der Waals surface area contributed by atoms with Crippen LogP contribution in [0.15, 0.2) is 59.6 Å². The third kappa shape index (κ3) is 2.96. The SMILES string of the molecule is NS(=O)(=O)c1cc2c([nH]c3ccc(Cc4ccccc4)cc32)c(CO)n1. The number of nitrogens with two attached hydrogens (primary N) is 1. The Morgan fingerprint density at radius 3 is 2.46 bits per heavy atom. The van der Waals surface area contributed by atoms with Gasteiger partial charge < -0.3 is 10.1 Å². The fourth-order valence-electron chi connectivity index (χ4n) is 3.18. The molecule has 2 aromatic carbocycles. The molecule has 4 N–H and O–H groups in total. The summed E-state index contributed by atoms with van der Waals surface area (Å²) in [6.07, 6.45) is 0.767. The van der Waals surface area contributed by atoms with Gasteiger partial charge in [-0.2, -0.15) is 0 Å². The van der Waals surface area contributed by atoms with Crippen LogP contribution in [0.4, 0.5) is 0 Å². The highest BCUT2D eigenvalue weighted by Gasteiger charge is 2.17. The Labute approximate surface area is 150 Å². The molecule has 0 fully saturated rings. The molecule has 2 aromatic heterocycles. The van der Waals surface area contributed by atoms with Gasteiger partial charge in [-0.25, -0.2) is 18.5 Å². The fourth-order valence-corrected chi connectivity index (χ4v) is 3.70. The monoisotopic (exact) mass is 367 g/mol.